The van der Waals surface area contributed by atoms with Gasteiger partial charge in [-0.3, -0.25) is 4.40 Å². The van der Waals surface area contributed by atoms with E-state index in [9.17, 15) is 0 Å². The van der Waals surface area contributed by atoms with Crippen LogP contribution in [-0.2, 0) is 0 Å². The molecule has 0 saturated heterocycles. The second-order valence-electron chi connectivity index (χ2n) is 3.61. The Morgan fingerprint density at radius 2 is 2.41 bits per heavy atom. The molecule has 2 N–H and O–H groups in total. The first-order chi connectivity index (χ1) is 8.22. The number of thiocarbonyl (C=S) groups is 1. The van der Waals surface area contributed by atoms with Gasteiger partial charge in [0.15, 0.2) is 5.82 Å². The molecule has 0 radical (unpaired) electrons. The van der Waals surface area contributed by atoms with Gasteiger partial charge in [-0.2, -0.15) is 0 Å². The van der Waals surface area contributed by atoms with Gasteiger partial charge in [-0.05, 0) is 6.92 Å². The molecule has 0 aliphatic carbocycles. The van der Waals surface area contributed by atoms with Crippen molar-refractivity contribution in [3.05, 3.63) is 18.7 Å². The third kappa shape index (κ3) is 2.50. The lowest BCUT2D eigenvalue weighted by Crippen LogP contribution is -2.28. The summed E-state index contributed by atoms with van der Waals surface area (Å²) in [6.07, 6.45) is 5.87. The van der Waals surface area contributed by atoms with Crippen molar-refractivity contribution in [1.82, 2.24) is 19.6 Å². The predicted octanol–water partition coefficient (Wildman–Crippen LogP) is 0.627. The van der Waals surface area contributed by atoms with Gasteiger partial charge in [-0.1, -0.05) is 12.2 Å². The largest absolute Gasteiger partial charge is 0.393 e. The Kier molecular flexibility index (Phi) is 3.48. The predicted molar refractivity (Wildman–Crippen MR) is 70.1 cm³/mol. The van der Waals surface area contributed by atoms with Crippen LogP contribution in [-0.4, -0.2) is 37.7 Å². The molecular formula is C10H14N6S. The van der Waals surface area contributed by atoms with Crippen molar-refractivity contribution in [3.8, 4) is 0 Å². The molecule has 2 aromatic rings. The lowest BCUT2D eigenvalue weighted by atomic mass is 10.3. The Balaban J connectivity index is 2.29. The Labute approximate surface area is 104 Å². The number of nitrogens with two attached hydrogens (primary N) is 1. The van der Waals surface area contributed by atoms with Crippen LogP contribution in [0, 0.1) is 0 Å². The van der Waals surface area contributed by atoms with Gasteiger partial charge in [0.05, 0.1) is 4.99 Å². The summed E-state index contributed by atoms with van der Waals surface area (Å²) < 4.78 is 1.84. The molecule has 0 aromatic carbocycles. The first kappa shape index (κ1) is 11.7. The number of hydrogen-bond acceptors (Lipinski definition) is 5. The summed E-state index contributed by atoms with van der Waals surface area (Å²) in [6.45, 7) is 3.62. The number of nitrogens with zero attached hydrogens (tertiary/aromatic N) is 5. The molecule has 0 spiro atoms. The average molecular weight is 250 g/mol. The molecule has 0 unspecified atom stereocenters. The van der Waals surface area contributed by atoms with Crippen LogP contribution in [0.25, 0.3) is 5.65 Å². The van der Waals surface area contributed by atoms with Gasteiger partial charge in [0.2, 0.25) is 5.65 Å². The van der Waals surface area contributed by atoms with Crippen LogP contribution in [0.2, 0.25) is 0 Å². The second-order valence-corrected chi connectivity index (χ2v) is 4.13. The van der Waals surface area contributed by atoms with Crippen LogP contribution in [0.15, 0.2) is 18.7 Å². The first-order valence-electron chi connectivity index (χ1n) is 5.40. The minimum Gasteiger partial charge on any atom is -0.393 e. The molecule has 6 nitrogen and oxygen atoms in total. The quantitative estimate of drug-likeness (QED) is 0.785. The molecule has 2 rings (SSSR count). The lowest BCUT2D eigenvalue weighted by Gasteiger charge is -2.21. The molecule has 0 saturated carbocycles. The summed E-state index contributed by atoms with van der Waals surface area (Å²) in [7, 11) is 0. The number of anilines is 1. The van der Waals surface area contributed by atoms with E-state index >= 15 is 0 Å². The van der Waals surface area contributed by atoms with Crippen LogP contribution in [0.3, 0.4) is 0 Å². The van der Waals surface area contributed by atoms with Crippen molar-refractivity contribution >= 4 is 28.7 Å². The zero-order valence-electron chi connectivity index (χ0n) is 9.58. The molecule has 2 heterocycles. The molecule has 0 fully saturated rings. The Morgan fingerprint density at radius 3 is 3.12 bits per heavy atom. The summed E-state index contributed by atoms with van der Waals surface area (Å²) in [6, 6.07) is 0. The Bertz CT molecular complexity index is 522. The van der Waals surface area contributed by atoms with Gasteiger partial charge in [-0.15, -0.1) is 10.2 Å². The van der Waals surface area contributed by atoms with Crippen LogP contribution in [0.1, 0.15) is 13.3 Å². The third-order valence-electron chi connectivity index (χ3n) is 2.51. The van der Waals surface area contributed by atoms with Crippen LogP contribution < -0.4 is 10.6 Å². The van der Waals surface area contributed by atoms with E-state index < -0.39 is 0 Å². The van der Waals surface area contributed by atoms with Crippen molar-refractivity contribution in [1.29, 1.82) is 0 Å². The van der Waals surface area contributed by atoms with E-state index in [2.05, 4.69) is 27.0 Å². The summed E-state index contributed by atoms with van der Waals surface area (Å²) in [5, 5.41) is 7.93. The molecule has 0 bridgehead atoms. The maximum atomic E-state index is 5.52. The average Bonchev–Trinajstić information content (AvgIpc) is 2.78. The molecule has 0 aliphatic heterocycles. The molecule has 0 amide bonds. The van der Waals surface area contributed by atoms with E-state index in [1.165, 1.54) is 0 Å². The van der Waals surface area contributed by atoms with E-state index in [4.69, 9.17) is 18.0 Å². The van der Waals surface area contributed by atoms with Crippen molar-refractivity contribution in [3.63, 3.8) is 0 Å². The maximum Gasteiger partial charge on any atom is 0.203 e. The van der Waals surface area contributed by atoms with E-state index in [1.54, 1.807) is 12.5 Å². The summed E-state index contributed by atoms with van der Waals surface area (Å²) in [5.41, 5.74) is 6.26. The number of aromatic nitrogens is 4. The molecule has 90 valence electrons. The maximum absolute atomic E-state index is 5.52. The highest BCUT2D eigenvalue weighted by Gasteiger charge is 2.12. The van der Waals surface area contributed by atoms with Crippen LogP contribution >= 0.6 is 12.2 Å². The minimum atomic E-state index is 0.511. The monoisotopic (exact) mass is 250 g/mol. The van der Waals surface area contributed by atoms with Crippen LogP contribution in [0.4, 0.5) is 5.82 Å². The molecule has 7 heteroatoms. The van der Waals surface area contributed by atoms with Crippen molar-refractivity contribution < 1.29 is 0 Å². The van der Waals surface area contributed by atoms with Crippen molar-refractivity contribution in [2.24, 2.45) is 5.73 Å². The molecule has 0 atom stereocenters. The fraction of sp³-hybridized carbons (Fsp3) is 0.400. The topological polar surface area (TPSA) is 72.3 Å². The van der Waals surface area contributed by atoms with E-state index in [0.717, 1.165) is 24.6 Å². The van der Waals surface area contributed by atoms with E-state index in [1.807, 2.05) is 10.6 Å². The Morgan fingerprint density at radius 1 is 1.59 bits per heavy atom. The van der Waals surface area contributed by atoms with E-state index in [0.29, 0.717) is 11.4 Å². The summed E-state index contributed by atoms with van der Waals surface area (Å²) in [5.74, 6) is 0.809. The highest BCUT2D eigenvalue weighted by atomic mass is 32.1. The highest BCUT2D eigenvalue weighted by Crippen LogP contribution is 2.15. The molecule has 17 heavy (non-hydrogen) atoms. The van der Waals surface area contributed by atoms with Gasteiger partial charge in [0, 0.05) is 31.9 Å². The van der Waals surface area contributed by atoms with Gasteiger partial charge < -0.3 is 10.6 Å². The smallest absolute Gasteiger partial charge is 0.203 e. The summed E-state index contributed by atoms with van der Waals surface area (Å²) in [4.78, 5) is 6.94. The minimum absolute atomic E-state index is 0.511. The number of hydrogen-bond donors (Lipinski definition) is 1. The molecule has 0 aliphatic rings. The Hall–Kier alpha value is -1.76. The van der Waals surface area contributed by atoms with Crippen LogP contribution in [0.5, 0.6) is 0 Å². The highest BCUT2D eigenvalue weighted by molar-refractivity contribution is 7.80. The van der Waals surface area contributed by atoms with Gasteiger partial charge in [0.1, 0.15) is 6.33 Å². The molecular weight excluding hydrogens is 236 g/mol. The first-order valence-corrected chi connectivity index (χ1v) is 5.80. The fourth-order valence-electron chi connectivity index (χ4n) is 1.63. The summed E-state index contributed by atoms with van der Waals surface area (Å²) >= 11 is 4.89. The SMILES string of the molecule is CCN(CCC(N)=S)c1nccn2cnnc12. The molecule has 2 aromatic heterocycles. The second kappa shape index (κ2) is 5.05. The van der Waals surface area contributed by atoms with Crippen molar-refractivity contribution in [2.45, 2.75) is 13.3 Å². The zero-order valence-corrected chi connectivity index (χ0v) is 10.4. The van der Waals surface area contributed by atoms with Crippen molar-refractivity contribution in [2.75, 3.05) is 18.0 Å². The van der Waals surface area contributed by atoms with Gasteiger partial charge >= 0.3 is 0 Å². The number of fused-ring (bicyclic) bond motifs is 1. The zero-order chi connectivity index (χ0) is 12.3. The third-order valence-corrected chi connectivity index (χ3v) is 2.71. The fourth-order valence-corrected chi connectivity index (χ4v) is 1.72. The number of rotatable bonds is 5. The normalized spacial score (nSPS) is 10.6. The van der Waals surface area contributed by atoms with E-state index in [-0.39, 0.29) is 0 Å². The standard InChI is InChI=1S/C10H14N6S/c1-2-15(5-3-8(11)17)9-10-14-13-7-16(10)6-4-12-9/h4,6-7H,2-3,5H2,1H3,(H2,11,17). The lowest BCUT2D eigenvalue weighted by molar-refractivity contribution is 0.817. The van der Waals surface area contributed by atoms with Gasteiger partial charge in [-0.25, -0.2) is 4.98 Å². The van der Waals surface area contributed by atoms with Gasteiger partial charge in [0.25, 0.3) is 0 Å².